The molecule has 3 rings (SSSR count). The van der Waals surface area contributed by atoms with Crippen LogP contribution < -0.4 is 0 Å². The Kier molecular flexibility index (Phi) is 5.11. The number of ketones is 1. The Hall–Kier alpha value is -2.10. The van der Waals surface area contributed by atoms with Crippen molar-refractivity contribution >= 4 is 35.0 Å². The van der Waals surface area contributed by atoms with E-state index in [2.05, 4.69) is 29.6 Å². The second-order valence-electron chi connectivity index (χ2n) is 5.03. The molecule has 1 heterocycles. The molecule has 1 aromatic heterocycles. The summed E-state index contributed by atoms with van der Waals surface area (Å²) in [6.45, 7) is 0. The minimum atomic E-state index is 0.0278. The molecule has 0 bridgehead atoms. The van der Waals surface area contributed by atoms with E-state index in [4.69, 9.17) is 0 Å². The molecule has 1 nitrogen and oxygen atoms in total. The average Bonchev–Trinajstić information content (AvgIpc) is 3.15. The summed E-state index contributed by atoms with van der Waals surface area (Å²) in [5, 5.41) is 2.07. The lowest BCUT2D eigenvalue weighted by Crippen LogP contribution is -1.93. The lowest BCUT2D eigenvalue weighted by Gasteiger charge is -2.00. The van der Waals surface area contributed by atoms with E-state index in [1.807, 2.05) is 48.7 Å². The van der Waals surface area contributed by atoms with E-state index >= 15 is 0 Å². The summed E-state index contributed by atoms with van der Waals surface area (Å²) in [4.78, 5) is 14.6. The van der Waals surface area contributed by atoms with Crippen molar-refractivity contribution < 1.29 is 4.79 Å². The number of carbonyl (C=O) groups is 1. The zero-order valence-corrected chi connectivity index (χ0v) is 14.4. The topological polar surface area (TPSA) is 17.1 Å². The van der Waals surface area contributed by atoms with Gasteiger partial charge in [0, 0.05) is 15.3 Å². The fourth-order valence-corrected chi connectivity index (χ4v) is 3.37. The number of benzene rings is 2. The van der Waals surface area contributed by atoms with E-state index in [9.17, 15) is 4.79 Å². The molecule has 0 aliphatic rings. The quantitative estimate of drug-likeness (QED) is 0.321. The lowest BCUT2D eigenvalue weighted by atomic mass is 10.1. The predicted molar refractivity (Wildman–Crippen MR) is 101 cm³/mol. The van der Waals surface area contributed by atoms with Gasteiger partial charge in [0.2, 0.25) is 0 Å². The molecule has 0 aliphatic carbocycles. The summed E-state index contributed by atoms with van der Waals surface area (Å²) in [6.07, 6.45) is 5.52. The lowest BCUT2D eigenvalue weighted by molar-refractivity contribution is 0.104. The van der Waals surface area contributed by atoms with Crippen molar-refractivity contribution in [2.45, 2.75) is 4.90 Å². The second-order valence-corrected chi connectivity index (χ2v) is 6.85. The van der Waals surface area contributed by atoms with Crippen LogP contribution in [0, 0.1) is 0 Å². The Morgan fingerprint density at radius 1 is 1.00 bits per heavy atom. The van der Waals surface area contributed by atoms with Crippen LogP contribution in [0.4, 0.5) is 0 Å². The van der Waals surface area contributed by atoms with Crippen molar-refractivity contribution in [3.63, 3.8) is 0 Å². The molecule has 3 aromatic rings. The van der Waals surface area contributed by atoms with E-state index in [0.717, 1.165) is 10.5 Å². The van der Waals surface area contributed by atoms with Gasteiger partial charge >= 0.3 is 0 Å². The van der Waals surface area contributed by atoms with Crippen LogP contribution in [0.25, 0.3) is 16.5 Å². The Bertz CT molecular complexity index is 798. The number of rotatable bonds is 5. The van der Waals surface area contributed by atoms with Crippen molar-refractivity contribution in [1.29, 1.82) is 0 Å². The van der Waals surface area contributed by atoms with Gasteiger partial charge in [-0.1, -0.05) is 36.4 Å². The molecule has 0 aliphatic heterocycles. The van der Waals surface area contributed by atoms with Crippen molar-refractivity contribution in [2.75, 3.05) is 6.26 Å². The number of carbonyl (C=O) groups excluding carboxylic acids is 1. The first-order chi connectivity index (χ1) is 11.3. The van der Waals surface area contributed by atoms with Crippen LogP contribution in [-0.2, 0) is 0 Å². The summed E-state index contributed by atoms with van der Waals surface area (Å²) < 4.78 is 0. The number of thiophene rings is 1. The third-order valence-electron chi connectivity index (χ3n) is 3.52. The van der Waals surface area contributed by atoms with Crippen LogP contribution in [0.2, 0.25) is 0 Å². The molecule has 0 saturated heterocycles. The molecular formula is C20H16OS2. The summed E-state index contributed by atoms with van der Waals surface area (Å²) in [5.41, 5.74) is 2.95. The van der Waals surface area contributed by atoms with Crippen molar-refractivity contribution in [3.05, 3.63) is 83.2 Å². The Morgan fingerprint density at radius 2 is 1.74 bits per heavy atom. The first-order valence-electron chi connectivity index (χ1n) is 7.27. The maximum absolute atomic E-state index is 12.2. The zero-order valence-electron chi connectivity index (χ0n) is 12.7. The van der Waals surface area contributed by atoms with E-state index in [-0.39, 0.29) is 5.78 Å². The molecule has 0 unspecified atom stereocenters. The Labute approximate surface area is 144 Å². The van der Waals surface area contributed by atoms with Crippen molar-refractivity contribution in [2.24, 2.45) is 0 Å². The van der Waals surface area contributed by atoms with Gasteiger partial charge in [-0.3, -0.25) is 4.79 Å². The van der Waals surface area contributed by atoms with Crippen LogP contribution in [0.1, 0.15) is 15.9 Å². The molecule has 3 heteroatoms. The van der Waals surface area contributed by atoms with Crippen LogP contribution in [-0.4, -0.2) is 12.0 Å². The van der Waals surface area contributed by atoms with Gasteiger partial charge in [0.05, 0.1) is 0 Å². The molecule has 0 amide bonds. The monoisotopic (exact) mass is 336 g/mol. The van der Waals surface area contributed by atoms with E-state index in [1.165, 1.54) is 10.4 Å². The van der Waals surface area contributed by atoms with E-state index in [1.54, 1.807) is 29.2 Å². The average molecular weight is 336 g/mol. The fraction of sp³-hybridized carbons (Fsp3) is 0.0500. The van der Waals surface area contributed by atoms with E-state index < -0.39 is 0 Å². The van der Waals surface area contributed by atoms with Gasteiger partial charge < -0.3 is 0 Å². The minimum absolute atomic E-state index is 0.0278. The highest BCUT2D eigenvalue weighted by Crippen LogP contribution is 2.25. The Balaban J connectivity index is 1.70. The predicted octanol–water partition coefficient (Wildman–Crippen LogP) is 6.03. The minimum Gasteiger partial charge on any atom is -0.289 e. The normalized spacial score (nSPS) is 11.0. The van der Waals surface area contributed by atoms with Gasteiger partial charge in [0.1, 0.15) is 0 Å². The second kappa shape index (κ2) is 7.44. The number of hydrogen-bond acceptors (Lipinski definition) is 3. The van der Waals surface area contributed by atoms with Crippen LogP contribution in [0.3, 0.4) is 0 Å². The summed E-state index contributed by atoms with van der Waals surface area (Å²) >= 11 is 3.40. The molecule has 0 fully saturated rings. The van der Waals surface area contributed by atoms with Gasteiger partial charge in [0.25, 0.3) is 0 Å². The summed E-state index contributed by atoms with van der Waals surface area (Å²) in [7, 11) is 0. The Morgan fingerprint density at radius 3 is 2.35 bits per heavy atom. The van der Waals surface area contributed by atoms with Crippen molar-refractivity contribution in [1.82, 2.24) is 0 Å². The van der Waals surface area contributed by atoms with Gasteiger partial charge in [-0.15, -0.1) is 23.1 Å². The standard InChI is InChI=1S/C20H16OS2/c1-22-18-11-9-16(10-12-18)19(21)13-6-15-4-7-17(8-5-15)20-3-2-14-23-20/h2-14H,1H3/b13-6+. The molecule has 23 heavy (non-hydrogen) atoms. The fourth-order valence-electron chi connectivity index (χ4n) is 2.22. The number of thioether (sulfide) groups is 1. The first kappa shape index (κ1) is 15.8. The third kappa shape index (κ3) is 4.01. The largest absolute Gasteiger partial charge is 0.289 e. The molecule has 114 valence electrons. The highest BCUT2D eigenvalue weighted by Gasteiger charge is 2.02. The van der Waals surface area contributed by atoms with Gasteiger partial charge in [-0.05, 0) is 59.2 Å². The molecule has 0 spiro atoms. The van der Waals surface area contributed by atoms with Crippen molar-refractivity contribution in [3.8, 4) is 10.4 Å². The van der Waals surface area contributed by atoms with Crippen LogP contribution in [0.15, 0.2) is 77.0 Å². The number of hydrogen-bond donors (Lipinski definition) is 0. The molecule has 0 atom stereocenters. The van der Waals surface area contributed by atoms with Crippen LogP contribution in [0.5, 0.6) is 0 Å². The van der Waals surface area contributed by atoms with E-state index in [0.29, 0.717) is 5.56 Å². The van der Waals surface area contributed by atoms with Crippen LogP contribution >= 0.6 is 23.1 Å². The first-order valence-corrected chi connectivity index (χ1v) is 9.37. The molecule has 2 aromatic carbocycles. The van der Waals surface area contributed by atoms with Gasteiger partial charge in [-0.25, -0.2) is 0 Å². The highest BCUT2D eigenvalue weighted by atomic mass is 32.2. The highest BCUT2D eigenvalue weighted by molar-refractivity contribution is 7.98. The molecular weight excluding hydrogens is 320 g/mol. The zero-order chi connectivity index (χ0) is 16.1. The SMILES string of the molecule is CSc1ccc(C(=O)/C=C/c2ccc(-c3cccs3)cc2)cc1. The molecule has 0 saturated carbocycles. The summed E-state index contributed by atoms with van der Waals surface area (Å²) in [5.74, 6) is 0.0278. The molecule has 0 radical (unpaired) electrons. The number of allylic oxidation sites excluding steroid dienone is 1. The molecule has 0 N–H and O–H groups in total. The van der Waals surface area contributed by atoms with Gasteiger partial charge in [-0.2, -0.15) is 0 Å². The van der Waals surface area contributed by atoms with Gasteiger partial charge in [0.15, 0.2) is 5.78 Å². The third-order valence-corrected chi connectivity index (χ3v) is 5.18. The maximum atomic E-state index is 12.2. The smallest absolute Gasteiger partial charge is 0.185 e. The maximum Gasteiger partial charge on any atom is 0.185 e. The summed E-state index contributed by atoms with van der Waals surface area (Å²) in [6, 6.07) is 20.1.